The summed E-state index contributed by atoms with van der Waals surface area (Å²) in [6.45, 7) is 5.99. The van der Waals surface area contributed by atoms with E-state index in [9.17, 15) is 5.11 Å². The highest BCUT2D eigenvalue weighted by molar-refractivity contribution is 5.41. The van der Waals surface area contributed by atoms with Gasteiger partial charge in [0.1, 0.15) is 5.75 Å². The van der Waals surface area contributed by atoms with E-state index in [-0.39, 0.29) is 0 Å². The number of phenolic OH excluding ortho intramolecular Hbond substituents is 1. The van der Waals surface area contributed by atoms with E-state index in [4.69, 9.17) is 0 Å². The minimum atomic E-state index is 0.392. The van der Waals surface area contributed by atoms with Gasteiger partial charge in [0.2, 0.25) is 0 Å². The van der Waals surface area contributed by atoms with Crippen molar-refractivity contribution in [2.45, 2.75) is 20.8 Å². The van der Waals surface area contributed by atoms with E-state index < -0.39 is 0 Å². The fourth-order valence-electron chi connectivity index (χ4n) is 0.942. The highest BCUT2D eigenvalue weighted by atomic mass is 16.3. The van der Waals surface area contributed by atoms with E-state index in [1.165, 1.54) is 11.1 Å². The Kier molecular flexibility index (Phi) is 1.66. The van der Waals surface area contributed by atoms with Crippen LogP contribution in [-0.2, 0) is 0 Å². The average molecular weight is 136 g/mol. The third-order valence-corrected chi connectivity index (χ3v) is 2.03. The molecule has 54 valence electrons. The molecule has 0 aliphatic carbocycles. The van der Waals surface area contributed by atoms with Crippen LogP contribution in [0, 0.1) is 20.8 Å². The van der Waals surface area contributed by atoms with E-state index >= 15 is 0 Å². The lowest BCUT2D eigenvalue weighted by atomic mass is 10.0. The summed E-state index contributed by atoms with van der Waals surface area (Å²) in [4.78, 5) is 0. The fraction of sp³-hybridized carbons (Fsp3) is 0.333. The lowest BCUT2D eigenvalue weighted by Gasteiger charge is -2.04. The first-order chi connectivity index (χ1) is 4.63. The molecule has 0 amide bonds. The van der Waals surface area contributed by atoms with Crippen LogP contribution in [0.4, 0.5) is 0 Å². The minimum absolute atomic E-state index is 0.392. The van der Waals surface area contributed by atoms with Gasteiger partial charge in [-0.25, -0.2) is 0 Å². The predicted molar refractivity (Wildman–Crippen MR) is 42.3 cm³/mol. The number of phenols is 1. The number of rotatable bonds is 0. The molecule has 0 aliphatic heterocycles. The molecule has 0 saturated carbocycles. The van der Waals surface area contributed by atoms with Crippen LogP contribution in [0.25, 0.3) is 0 Å². The lowest BCUT2D eigenvalue weighted by molar-refractivity contribution is 0.470. The molecule has 0 spiro atoms. The van der Waals surface area contributed by atoms with Gasteiger partial charge < -0.3 is 5.11 Å². The van der Waals surface area contributed by atoms with Gasteiger partial charge in [0, 0.05) is 0 Å². The molecule has 0 heterocycles. The van der Waals surface area contributed by atoms with Crippen molar-refractivity contribution in [3.63, 3.8) is 0 Å². The molecule has 1 aromatic carbocycles. The van der Waals surface area contributed by atoms with E-state index in [1.54, 1.807) is 6.07 Å². The van der Waals surface area contributed by atoms with E-state index in [2.05, 4.69) is 0 Å². The third kappa shape index (κ3) is 0.991. The van der Waals surface area contributed by atoms with E-state index in [0.717, 1.165) is 5.56 Å². The highest BCUT2D eigenvalue weighted by Crippen LogP contribution is 2.21. The van der Waals surface area contributed by atoms with Crippen molar-refractivity contribution < 1.29 is 5.11 Å². The average Bonchev–Trinajstić information content (AvgIpc) is 1.93. The first-order valence-electron chi connectivity index (χ1n) is 3.38. The molecule has 0 unspecified atom stereocenters. The molecule has 0 saturated heterocycles. The number of hydrogen-bond acceptors (Lipinski definition) is 1. The van der Waals surface area contributed by atoms with Crippen molar-refractivity contribution in [2.24, 2.45) is 0 Å². The van der Waals surface area contributed by atoms with E-state index in [0.29, 0.717) is 5.75 Å². The summed E-state index contributed by atoms with van der Waals surface area (Å²) in [7, 11) is 0. The molecule has 1 aromatic rings. The van der Waals surface area contributed by atoms with Gasteiger partial charge in [-0.05, 0) is 43.5 Å². The Bertz CT molecular complexity index is 224. The maximum atomic E-state index is 9.22. The molecule has 1 rings (SSSR count). The Morgan fingerprint density at radius 2 is 1.60 bits per heavy atom. The summed E-state index contributed by atoms with van der Waals surface area (Å²) in [5.41, 5.74) is 3.40. The second-order valence-electron chi connectivity index (χ2n) is 2.65. The van der Waals surface area contributed by atoms with Crippen LogP contribution in [0.15, 0.2) is 12.1 Å². The van der Waals surface area contributed by atoms with Crippen molar-refractivity contribution in [1.82, 2.24) is 0 Å². The summed E-state index contributed by atoms with van der Waals surface area (Å²) in [5, 5.41) is 9.22. The monoisotopic (exact) mass is 136 g/mol. The largest absolute Gasteiger partial charge is 0.508 e. The molecule has 0 bridgehead atoms. The lowest BCUT2D eigenvalue weighted by Crippen LogP contribution is -1.85. The van der Waals surface area contributed by atoms with Crippen LogP contribution >= 0.6 is 0 Å². The SMILES string of the molecule is Cc1ccc(O)c(C)c1C. The number of hydrogen-bond donors (Lipinski definition) is 1. The van der Waals surface area contributed by atoms with Gasteiger partial charge in [0.05, 0.1) is 0 Å². The van der Waals surface area contributed by atoms with Gasteiger partial charge in [0.15, 0.2) is 0 Å². The Morgan fingerprint density at radius 1 is 1.00 bits per heavy atom. The Labute approximate surface area is 61.3 Å². The highest BCUT2D eigenvalue weighted by Gasteiger charge is 1.99. The quantitative estimate of drug-likeness (QED) is 0.580. The van der Waals surface area contributed by atoms with Crippen molar-refractivity contribution in [3.05, 3.63) is 28.8 Å². The molecule has 0 aromatic heterocycles. The van der Waals surface area contributed by atoms with Gasteiger partial charge in [-0.3, -0.25) is 0 Å². The van der Waals surface area contributed by atoms with Crippen LogP contribution < -0.4 is 0 Å². The molecule has 0 atom stereocenters. The molecule has 0 aliphatic rings. The first-order valence-corrected chi connectivity index (χ1v) is 3.38. The molecule has 1 heteroatoms. The first kappa shape index (κ1) is 7.13. The van der Waals surface area contributed by atoms with Gasteiger partial charge in [-0.1, -0.05) is 6.07 Å². The van der Waals surface area contributed by atoms with Gasteiger partial charge in [0.25, 0.3) is 0 Å². The second kappa shape index (κ2) is 2.33. The molecule has 10 heavy (non-hydrogen) atoms. The number of aromatic hydroxyl groups is 1. The molecule has 1 N–H and O–H groups in total. The predicted octanol–water partition coefficient (Wildman–Crippen LogP) is 2.32. The van der Waals surface area contributed by atoms with Crippen molar-refractivity contribution in [3.8, 4) is 5.75 Å². The molecular weight excluding hydrogens is 124 g/mol. The maximum absolute atomic E-state index is 9.22. The zero-order valence-corrected chi connectivity index (χ0v) is 6.60. The molecular formula is C9H12O. The smallest absolute Gasteiger partial charge is 0.118 e. The Morgan fingerprint density at radius 3 is 2.10 bits per heavy atom. The summed E-state index contributed by atoms with van der Waals surface area (Å²) in [6.07, 6.45) is 0. The van der Waals surface area contributed by atoms with Gasteiger partial charge >= 0.3 is 0 Å². The standard InChI is InChI=1S/C9H12O/c1-6-4-5-9(10)8(3)7(6)2/h4-5,10H,1-3H3. The van der Waals surface area contributed by atoms with E-state index in [1.807, 2.05) is 26.8 Å². The molecule has 0 radical (unpaired) electrons. The van der Waals surface area contributed by atoms with Crippen molar-refractivity contribution in [1.29, 1.82) is 0 Å². The Hall–Kier alpha value is -0.980. The third-order valence-electron chi connectivity index (χ3n) is 2.03. The van der Waals surface area contributed by atoms with Crippen molar-refractivity contribution in [2.75, 3.05) is 0 Å². The Balaban J connectivity index is 3.34. The second-order valence-corrected chi connectivity index (χ2v) is 2.65. The fourth-order valence-corrected chi connectivity index (χ4v) is 0.942. The zero-order chi connectivity index (χ0) is 7.72. The van der Waals surface area contributed by atoms with Crippen LogP contribution in [0.3, 0.4) is 0 Å². The summed E-state index contributed by atoms with van der Waals surface area (Å²) in [5.74, 6) is 0.392. The number of benzene rings is 1. The number of aryl methyl sites for hydroxylation is 1. The summed E-state index contributed by atoms with van der Waals surface area (Å²) >= 11 is 0. The summed E-state index contributed by atoms with van der Waals surface area (Å²) in [6, 6.07) is 3.66. The maximum Gasteiger partial charge on any atom is 0.118 e. The van der Waals surface area contributed by atoms with Gasteiger partial charge in [-0.2, -0.15) is 0 Å². The van der Waals surface area contributed by atoms with Crippen molar-refractivity contribution >= 4 is 0 Å². The van der Waals surface area contributed by atoms with Crippen LogP contribution in [-0.4, -0.2) is 5.11 Å². The minimum Gasteiger partial charge on any atom is -0.508 e. The molecule has 1 nitrogen and oxygen atoms in total. The normalized spacial score (nSPS) is 9.90. The zero-order valence-electron chi connectivity index (χ0n) is 6.60. The van der Waals surface area contributed by atoms with Crippen LogP contribution in [0.5, 0.6) is 5.75 Å². The molecule has 0 fully saturated rings. The topological polar surface area (TPSA) is 20.2 Å². The van der Waals surface area contributed by atoms with Crippen LogP contribution in [0.2, 0.25) is 0 Å². The van der Waals surface area contributed by atoms with Crippen LogP contribution in [0.1, 0.15) is 16.7 Å². The van der Waals surface area contributed by atoms with Gasteiger partial charge in [-0.15, -0.1) is 0 Å². The summed E-state index contributed by atoms with van der Waals surface area (Å²) < 4.78 is 0.